The highest BCUT2D eigenvalue weighted by Crippen LogP contribution is 2.20. The average molecular weight is 320 g/mol. The second-order valence-corrected chi connectivity index (χ2v) is 5.04. The van der Waals surface area contributed by atoms with Crippen LogP contribution >= 0.6 is 0 Å². The fourth-order valence-electron chi connectivity index (χ4n) is 2.04. The minimum Gasteiger partial charge on any atom is -0.327 e. The number of nitrogens with one attached hydrogen (secondary N) is 1. The molecule has 0 aliphatic carbocycles. The van der Waals surface area contributed by atoms with Gasteiger partial charge in [0, 0.05) is 38.6 Å². The van der Waals surface area contributed by atoms with E-state index in [4.69, 9.17) is 0 Å². The van der Waals surface area contributed by atoms with E-state index in [1.54, 1.807) is 56.0 Å². The van der Waals surface area contributed by atoms with Crippen LogP contribution in [0.3, 0.4) is 0 Å². The molecule has 1 N–H and O–H groups in total. The fraction of sp³-hybridized carbons (Fsp3) is 0.312. The summed E-state index contributed by atoms with van der Waals surface area (Å²) in [6, 6.07) is 6.31. The molecule has 23 heavy (non-hydrogen) atoms. The molecule has 1 heterocycles. The molecule has 0 spiro atoms. The number of urea groups is 1. The van der Waals surface area contributed by atoms with E-state index in [-0.39, 0.29) is 0 Å². The number of carbonyl (C=O) groups is 1. The van der Waals surface area contributed by atoms with Crippen LogP contribution in [0.5, 0.6) is 0 Å². The van der Waals surface area contributed by atoms with E-state index >= 15 is 0 Å². The van der Waals surface area contributed by atoms with Crippen molar-refractivity contribution in [1.82, 2.24) is 20.2 Å². The third-order valence-electron chi connectivity index (χ3n) is 3.36. The molecule has 2 rings (SSSR count). The summed E-state index contributed by atoms with van der Waals surface area (Å²) in [7, 11) is 1.55. The maximum Gasteiger partial charge on any atom is 0.317 e. The summed E-state index contributed by atoms with van der Waals surface area (Å²) in [5.74, 6) is 0. The van der Waals surface area contributed by atoms with Gasteiger partial charge in [-0.05, 0) is 5.56 Å². The van der Waals surface area contributed by atoms with Crippen LogP contribution in [0.25, 0.3) is 0 Å². The molecule has 5 nitrogen and oxygen atoms in total. The predicted molar refractivity (Wildman–Crippen MR) is 82.1 cm³/mol. The van der Waals surface area contributed by atoms with Crippen molar-refractivity contribution in [3.63, 3.8) is 0 Å². The molecule has 0 radical (unpaired) electrons. The highest BCUT2D eigenvalue weighted by Gasteiger charge is 2.25. The van der Waals surface area contributed by atoms with Crippen molar-refractivity contribution in [1.29, 1.82) is 0 Å². The number of nitrogens with zero attached hydrogens (tertiary/aromatic N) is 3. The number of carbonyl (C=O) groups excluding carboxylic acids is 1. The molecule has 0 bridgehead atoms. The lowest BCUT2D eigenvalue weighted by atomic mass is 10.1. The molecule has 2 aromatic rings. The minimum atomic E-state index is -2.69. The third-order valence-corrected chi connectivity index (χ3v) is 3.36. The van der Waals surface area contributed by atoms with Crippen LogP contribution < -0.4 is 5.32 Å². The van der Waals surface area contributed by atoms with Gasteiger partial charge in [-0.3, -0.25) is 9.97 Å². The second kappa shape index (κ2) is 8.17. The van der Waals surface area contributed by atoms with Gasteiger partial charge in [0.05, 0.1) is 5.69 Å². The first kappa shape index (κ1) is 16.8. The van der Waals surface area contributed by atoms with Crippen LogP contribution in [0, 0.1) is 0 Å². The number of alkyl halides is 2. The molecule has 1 unspecified atom stereocenters. The molecule has 0 aliphatic rings. The van der Waals surface area contributed by atoms with Crippen molar-refractivity contribution in [2.45, 2.75) is 18.9 Å². The summed E-state index contributed by atoms with van der Waals surface area (Å²) in [6.45, 7) is 0.356. The Balaban J connectivity index is 1.93. The zero-order valence-electron chi connectivity index (χ0n) is 12.7. The smallest absolute Gasteiger partial charge is 0.317 e. The molecule has 122 valence electrons. The largest absolute Gasteiger partial charge is 0.327 e. The summed E-state index contributed by atoms with van der Waals surface area (Å²) in [4.78, 5) is 21.5. The molecule has 1 aromatic heterocycles. The average Bonchev–Trinajstić information content (AvgIpc) is 2.58. The second-order valence-electron chi connectivity index (χ2n) is 5.04. The number of rotatable bonds is 6. The van der Waals surface area contributed by atoms with Gasteiger partial charge < -0.3 is 10.2 Å². The van der Waals surface area contributed by atoms with Crippen LogP contribution in [0.4, 0.5) is 13.6 Å². The first-order valence-electron chi connectivity index (χ1n) is 7.17. The minimum absolute atomic E-state index is 0.356. The van der Waals surface area contributed by atoms with E-state index in [9.17, 15) is 13.6 Å². The standard InChI is InChI=1S/C16H18F2N4O/c1-22(10-7-13-11-19-8-9-20-13)16(23)21-14(15(17)18)12-5-3-2-4-6-12/h2-6,8-9,11,14-15H,7,10H2,1H3,(H,21,23). The maximum atomic E-state index is 13.2. The molecule has 1 atom stereocenters. The number of aromatic nitrogens is 2. The molecule has 2 amide bonds. The molecular weight excluding hydrogens is 302 g/mol. The number of halogens is 2. The van der Waals surface area contributed by atoms with Gasteiger partial charge in [-0.2, -0.15) is 0 Å². The first-order valence-corrected chi connectivity index (χ1v) is 7.17. The van der Waals surface area contributed by atoms with Crippen molar-refractivity contribution in [3.8, 4) is 0 Å². The lowest BCUT2D eigenvalue weighted by Gasteiger charge is -2.23. The normalized spacial score (nSPS) is 12.0. The van der Waals surface area contributed by atoms with E-state index in [0.29, 0.717) is 18.5 Å². The summed E-state index contributed by atoms with van der Waals surface area (Å²) in [6.07, 6.45) is 2.56. The quantitative estimate of drug-likeness (QED) is 0.890. The molecular formula is C16H18F2N4O. The monoisotopic (exact) mass is 320 g/mol. The van der Waals surface area contributed by atoms with E-state index in [2.05, 4.69) is 15.3 Å². The van der Waals surface area contributed by atoms with E-state index in [1.807, 2.05) is 0 Å². The van der Waals surface area contributed by atoms with Gasteiger partial charge in [-0.15, -0.1) is 0 Å². The van der Waals surface area contributed by atoms with E-state index in [1.165, 1.54) is 4.90 Å². The van der Waals surface area contributed by atoms with E-state index in [0.717, 1.165) is 5.69 Å². The van der Waals surface area contributed by atoms with Crippen molar-refractivity contribution in [2.75, 3.05) is 13.6 Å². The van der Waals surface area contributed by atoms with Crippen molar-refractivity contribution in [3.05, 3.63) is 60.2 Å². The van der Waals surface area contributed by atoms with Crippen molar-refractivity contribution < 1.29 is 13.6 Å². The van der Waals surface area contributed by atoms with Crippen LogP contribution in [0.2, 0.25) is 0 Å². The van der Waals surface area contributed by atoms with Crippen LogP contribution in [0.15, 0.2) is 48.9 Å². The Hall–Kier alpha value is -2.57. The summed E-state index contributed by atoms with van der Waals surface area (Å²) < 4.78 is 26.4. The van der Waals surface area contributed by atoms with Gasteiger partial charge in [-0.1, -0.05) is 30.3 Å². The Morgan fingerprint density at radius 2 is 2.00 bits per heavy atom. The van der Waals surface area contributed by atoms with Crippen LogP contribution in [-0.4, -0.2) is 40.9 Å². The summed E-state index contributed by atoms with van der Waals surface area (Å²) in [5, 5.41) is 2.37. The van der Waals surface area contributed by atoms with Gasteiger partial charge >= 0.3 is 6.03 Å². The zero-order chi connectivity index (χ0) is 16.7. The van der Waals surface area contributed by atoms with Gasteiger partial charge in [0.2, 0.25) is 0 Å². The lowest BCUT2D eigenvalue weighted by molar-refractivity contribution is 0.0976. The molecule has 1 aromatic carbocycles. The van der Waals surface area contributed by atoms with Crippen LogP contribution in [-0.2, 0) is 6.42 Å². The molecule has 0 saturated carbocycles. The Morgan fingerprint density at radius 3 is 2.61 bits per heavy atom. The SMILES string of the molecule is CN(CCc1cnccn1)C(=O)NC(c1ccccc1)C(F)F. The van der Waals surface area contributed by atoms with Crippen molar-refractivity contribution >= 4 is 6.03 Å². The number of amides is 2. The Morgan fingerprint density at radius 1 is 1.26 bits per heavy atom. The Kier molecular flexibility index (Phi) is 5.96. The zero-order valence-corrected chi connectivity index (χ0v) is 12.7. The first-order chi connectivity index (χ1) is 11.1. The Bertz CT molecular complexity index is 610. The van der Waals surface area contributed by atoms with Gasteiger partial charge in [-0.25, -0.2) is 13.6 Å². The third kappa shape index (κ3) is 4.98. The van der Waals surface area contributed by atoms with Gasteiger partial charge in [0.1, 0.15) is 6.04 Å². The number of benzene rings is 1. The van der Waals surface area contributed by atoms with Gasteiger partial charge in [0.15, 0.2) is 0 Å². The number of likely N-dealkylation sites (N-methyl/N-ethyl adjacent to an activating group) is 1. The van der Waals surface area contributed by atoms with Gasteiger partial charge in [0.25, 0.3) is 6.43 Å². The molecule has 0 fully saturated rings. The predicted octanol–water partition coefficient (Wildman–Crippen LogP) is 2.67. The van der Waals surface area contributed by atoms with Crippen molar-refractivity contribution in [2.24, 2.45) is 0 Å². The van der Waals surface area contributed by atoms with E-state index < -0.39 is 18.5 Å². The molecule has 7 heteroatoms. The fourth-order valence-corrected chi connectivity index (χ4v) is 2.04. The lowest BCUT2D eigenvalue weighted by Crippen LogP contribution is -2.42. The highest BCUT2D eigenvalue weighted by molar-refractivity contribution is 5.74. The molecule has 0 saturated heterocycles. The maximum absolute atomic E-state index is 13.2. The number of hydrogen-bond acceptors (Lipinski definition) is 3. The highest BCUT2D eigenvalue weighted by atomic mass is 19.3. The molecule has 0 aliphatic heterocycles. The summed E-state index contributed by atoms with van der Waals surface area (Å²) >= 11 is 0. The van der Waals surface area contributed by atoms with Crippen LogP contribution in [0.1, 0.15) is 17.3 Å². The Labute approximate surface area is 133 Å². The number of hydrogen-bond donors (Lipinski definition) is 1. The topological polar surface area (TPSA) is 58.1 Å². The summed E-state index contributed by atoms with van der Waals surface area (Å²) in [5.41, 5.74) is 1.11.